The van der Waals surface area contributed by atoms with Gasteiger partial charge in [-0.25, -0.2) is 0 Å². The molecule has 0 aromatic heterocycles. The first-order valence-corrected chi connectivity index (χ1v) is 12.0. The number of ether oxygens (including phenoxy) is 2. The topological polar surface area (TPSA) is 134 Å². The number of hydrogen-bond donors (Lipinski definition) is 2. The van der Waals surface area contributed by atoms with E-state index in [0.717, 1.165) is 30.8 Å². The van der Waals surface area contributed by atoms with Gasteiger partial charge in [-0.05, 0) is 31.4 Å². The van der Waals surface area contributed by atoms with Crippen molar-refractivity contribution in [1.82, 2.24) is 15.1 Å². The van der Waals surface area contributed by atoms with E-state index >= 15 is 0 Å². The van der Waals surface area contributed by atoms with Crippen LogP contribution in [0.4, 0.5) is 5.69 Å². The Kier molecular flexibility index (Phi) is 8.09. The van der Waals surface area contributed by atoms with Crippen LogP contribution in [0.15, 0.2) is 18.2 Å². The van der Waals surface area contributed by atoms with Crippen molar-refractivity contribution >= 4 is 35.2 Å². The largest absolute Gasteiger partial charge is 0.382 e. The highest BCUT2D eigenvalue weighted by Gasteiger charge is 2.45. The number of nitrogens with one attached hydrogen (secondary N) is 2. The van der Waals surface area contributed by atoms with E-state index in [1.54, 1.807) is 18.2 Å². The lowest BCUT2D eigenvalue weighted by atomic mass is 10.0. The highest BCUT2D eigenvalue weighted by molar-refractivity contribution is 6.25. The van der Waals surface area contributed by atoms with Crippen LogP contribution >= 0.6 is 0 Å². The molecule has 11 nitrogen and oxygen atoms in total. The highest BCUT2D eigenvalue weighted by atomic mass is 16.5. The summed E-state index contributed by atoms with van der Waals surface area (Å²) in [4.78, 5) is 64.3. The van der Waals surface area contributed by atoms with Gasteiger partial charge in [0.25, 0.3) is 11.8 Å². The molecule has 0 spiro atoms. The summed E-state index contributed by atoms with van der Waals surface area (Å²) in [6.07, 6.45) is 2.71. The number of amides is 5. The summed E-state index contributed by atoms with van der Waals surface area (Å²) in [5, 5.41) is 5.30. The quantitative estimate of drug-likeness (QED) is 0.342. The molecule has 11 heteroatoms. The third kappa shape index (κ3) is 5.68. The van der Waals surface area contributed by atoms with Gasteiger partial charge in [0.05, 0.1) is 44.0 Å². The molecule has 4 rings (SSSR count). The van der Waals surface area contributed by atoms with Crippen LogP contribution in [-0.4, -0.2) is 91.4 Å². The van der Waals surface area contributed by atoms with Gasteiger partial charge in [0, 0.05) is 31.7 Å². The first-order valence-electron chi connectivity index (χ1n) is 12.0. The zero-order valence-electron chi connectivity index (χ0n) is 19.5. The molecule has 2 N–H and O–H groups in total. The second-order valence-electron chi connectivity index (χ2n) is 8.66. The molecule has 35 heavy (non-hydrogen) atoms. The van der Waals surface area contributed by atoms with Crippen molar-refractivity contribution in [3.8, 4) is 0 Å². The molecule has 1 unspecified atom stereocenters. The lowest BCUT2D eigenvalue weighted by molar-refractivity contribution is -0.136. The van der Waals surface area contributed by atoms with Gasteiger partial charge in [-0.15, -0.1) is 0 Å². The Hall–Kier alpha value is -3.31. The Morgan fingerprint density at radius 1 is 1.00 bits per heavy atom. The molecule has 0 saturated carbocycles. The molecule has 0 bridgehead atoms. The summed E-state index contributed by atoms with van der Waals surface area (Å²) in [5.74, 6) is -2.01. The number of anilines is 1. The van der Waals surface area contributed by atoms with E-state index in [2.05, 4.69) is 10.6 Å². The van der Waals surface area contributed by atoms with E-state index in [1.807, 2.05) is 4.90 Å². The fourth-order valence-corrected chi connectivity index (χ4v) is 4.53. The maximum absolute atomic E-state index is 13.0. The van der Waals surface area contributed by atoms with E-state index in [1.165, 1.54) is 0 Å². The predicted octanol–water partition coefficient (Wildman–Crippen LogP) is 0.545. The van der Waals surface area contributed by atoms with Crippen LogP contribution in [0.1, 0.15) is 52.8 Å². The predicted molar refractivity (Wildman–Crippen MR) is 124 cm³/mol. The molecule has 2 fully saturated rings. The van der Waals surface area contributed by atoms with Crippen molar-refractivity contribution in [1.29, 1.82) is 0 Å². The van der Waals surface area contributed by atoms with E-state index in [-0.39, 0.29) is 29.9 Å². The third-order valence-electron chi connectivity index (χ3n) is 6.32. The van der Waals surface area contributed by atoms with E-state index in [9.17, 15) is 24.0 Å². The molecule has 2 saturated heterocycles. The fraction of sp³-hybridized carbons (Fsp3) is 0.542. The lowest BCUT2D eigenvalue weighted by Crippen LogP contribution is -2.54. The number of fused-ring (bicyclic) bond motifs is 1. The monoisotopic (exact) mass is 486 g/mol. The number of hydrogen-bond acceptors (Lipinski definition) is 8. The lowest BCUT2D eigenvalue weighted by Gasteiger charge is -2.27. The van der Waals surface area contributed by atoms with Gasteiger partial charge in [0.15, 0.2) is 0 Å². The van der Waals surface area contributed by atoms with Crippen LogP contribution < -0.4 is 10.6 Å². The second kappa shape index (κ2) is 11.4. The Morgan fingerprint density at radius 3 is 2.49 bits per heavy atom. The average Bonchev–Trinajstić information content (AvgIpc) is 3.46. The van der Waals surface area contributed by atoms with Gasteiger partial charge < -0.3 is 19.7 Å². The molecule has 0 aliphatic carbocycles. The molecule has 1 atom stereocenters. The van der Waals surface area contributed by atoms with Crippen LogP contribution in [0, 0.1) is 0 Å². The average molecular weight is 487 g/mol. The fourth-order valence-electron chi connectivity index (χ4n) is 4.53. The Labute approximate surface area is 203 Å². The van der Waals surface area contributed by atoms with Gasteiger partial charge in [0.1, 0.15) is 6.04 Å². The number of piperidine rings is 1. The summed E-state index contributed by atoms with van der Waals surface area (Å²) in [6, 6.07) is 3.91. The number of likely N-dealkylation sites (tertiary alicyclic amines) is 1. The zero-order valence-corrected chi connectivity index (χ0v) is 19.5. The number of benzene rings is 1. The van der Waals surface area contributed by atoms with Gasteiger partial charge in [-0.1, -0.05) is 6.07 Å². The first-order chi connectivity index (χ1) is 17.0. The molecule has 3 heterocycles. The summed E-state index contributed by atoms with van der Waals surface area (Å²) in [6.45, 7) is 3.53. The second-order valence-corrected chi connectivity index (χ2v) is 8.66. The van der Waals surface area contributed by atoms with Crippen LogP contribution in [0.25, 0.3) is 0 Å². The van der Waals surface area contributed by atoms with Crippen LogP contribution in [0.3, 0.4) is 0 Å². The van der Waals surface area contributed by atoms with E-state index in [4.69, 9.17) is 9.47 Å². The molecule has 5 amide bonds. The van der Waals surface area contributed by atoms with Crippen molar-refractivity contribution < 1.29 is 33.4 Å². The Balaban J connectivity index is 1.19. The van der Waals surface area contributed by atoms with Gasteiger partial charge >= 0.3 is 0 Å². The number of nitrogens with zero attached hydrogens (tertiary/aromatic N) is 2. The molecule has 188 valence electrons. The summed E-state index contributed by atoms with van der Waals surface area (Å²) >= 11 is 0. The van der Waals surface area contributed by atoms with Crippen molar-refractivity contribution in [2.75, 3.05) is 51.4 Å². The number of carbonyl (C=O) groups is 5. The highest BCUT2D eigenvalue weighted by Crippen LogP contribution is 2.32. The van der Waals surface area contributed by atoms with Gasteiger partial charge in [-0.2, -0.15) is 0 Å². The van der Waals surface area contributed by atoms with Crippen LogP contribution in [-0.2, 0) is 23.9 Å². The molecular formula is C24H30N4O7. The summed E-state index contributed by atoms with van der Waals surface area (Å²) < 4.78 is 11.0. The van der Waals surface area contributed by atoms with Gasteiger partial charge in [0.2, 0.25) is 17.7 Å². The summed E-state index contributed by atoms with van der Waals surface area (Å²) in [5.41, 5.74) is 0.923. The maximum atomic E-state index is 13.0. The minimum Gasteiger partial charge on any atom is -0.382 e. The zero-order chi connectivity index (χ0) is 24.8. The standard InChI is InChI=1S/C24H30N4O7/c29-19-7-6-18(22(31)26-19)28-23(32)16-4-3-5-17(21(16)24(28)33)25-9-13-35-15-14-34-12-8-20(30)27-10-1-2-11-27/h3-5,18,25H,1-2,6-15H2,(H,26,29,31). The molecular weight excluding hydrogens is 456 g/mol. The number of rotatable bonds is 11. The summed E-state index contributed by atoms with van der Waals surface area (Å²) in [7, 11) is 0. The molecule has 3 aliphatic rings. The van der Waals surface area contributed by atoms with Crippen molar-refractivity contribution in [2.24, 2.45) is 0 Å². The molecule has 1 aromatic carbocycles. The van der Waals surface area contributed by atoms with Gasteiger partial charge in [-0.3, -0.25) is 34.2 Å². The van der Waals surface area contributed by atoms with Crippen molar-refractivity contribution in [3.05, 3.63) is 29.3 Å². The normalized spacial score (nSPS) is 19.8. The van der Waals surface area contributed by atoms with Crippen molar-refractivity contribution in [2.45, 2.75) is 38.1 Å². The number of carbonyl (C=O) groups excluding carboxylic acids is 5. The third-order valence-corrected chi connectivity index (χ3v) is 6.32. The first kappa shape index (κ1) is 24.8. The Morgan fingerprint density at radius 2 is 1.74 bits per heavy atom. The molecule has 3 aliphatic heterocycles. The molecule has 0 radical (unpaired) electrons. The SMILES string of the molecule is O=C1CCC(N2C(=O)c3cccc(NCCOCCOCCC(=O)N4CCCC4)c3C2=O)C(=O)N1. The minimum atomic E-state index is -0.998. The number of imide groups is 2. The van der Waals surface area contributed by atoms with Crippen LogP contribution in [0.5, 0.6) is 0 Å². The van der Waals surface area contributed by atoms with E-state index < -0.39 is 29.7 Å². The minimum absolute atomic E-state index is 0.0741. The van der Waals surface area contributed by atoms with E-state index in [0.29, 0.717) is 45.1 Å². The van der Waals surface area contributed by atoms with Crippen LogP contribution in [0.2, 0.25) is 0 Å². The Bertz CT molecular complexity index is 1010. The maximum Gasteiger partial charge on any atom is 0.264 e. The smallest absolute Gasteiger partial charge is 0.264 e. The molecule has 1 aromatic rings. The van der Waals surface area contributed by atoms with Crippen molar-refractivity contribution in [3.63, 3.8) is 0 Å².